The van der Waals surface area contributed by atoms with Gasteiger partial charge in [-0.2, -0.15) is 0 Å². The number of hydrogen-bond donors (Lipinski definition) is 1. The van der Waals surface area contributed by atoms with E-state index in [-0.39, 0.29) is 0 Å². The highest BCUT2D eigenvalue weighted by Crippen LogP contribution is 2.20. The Bertz CT molecular complexity index is 253. The van der Waals surface area contributed by atoms with E-state index in [1.165, 1.54) is 90.8 Å². The van der Waals surface area contributed by atoms with Crippen LogP contribution < -0.4 is 5.32 Å². The monoisotopic (exact) mass is 295 g/mol. The maximum atomic E-state index is 3.81. The van der Waals surface area contributed by atoms with Crippen LogP contribution in [0.3, 0.4) is 0 Å². The van der Waals surface area contributed by atoms with Gasteiger partial charge in [0.05, 0.1) is 0 Å². The molecule has 3 nitrogen and oxygen atoms in total. The molecular weight excluding hydrogens is 258 g/mol. The van der Waals surface area contributed by atoms with E-state index in [1.54, 1.807) is 0 Å². The normalized spacial score (nSPS) is 24.9. The van der Waals surface area contributed by atoms with Gasteiger partial charge in [0.25, 0.3) is 0 Å². The Morgan fingerprint density at radius 1 is 0.905 bits per heavy atom. The molecule has 0 bridgehead atoms. The molecule has 2 saturated heterocycles. The molecule has 0 aromatic heterocycles. The molecule has 2 fully saturated rings. The van der Waals surface area contributed by atoms with Crippen molar-refractivity contribution in [3.63, 3.8) is 0 Å². The number of nitrogens with one attached hydrogen (secondary N) is 1. The molecule has 2 aliphatic heterocycles. The van der Waals surface area contributed by atoms with E-state index in [4.69, 9.17) is 0 Å². The van der Waals surface area contributed by atoms with Crippen molar-refractivity contribution in [2.45, 2.75) is 64.8 Å². The molecule has 2 heterocycles. The van der Waals surface area contributed by atoms with Crippen molar-refractivity contribution in [1.29, 1.82) is 0 Å². The Morgan fingerprint density at radius 2 is 1.52 bits per heavy atom. The quantitative estimate of drug-likeness (QED) is 0.779. The van der Waals surface area contributed by atoms with Gasteiger partial charge in [-0.25, -0.2) is 0 Å². The van der Waals surface area contributed by atoms with E-state index < -0.39 is 0 Å². The highest BCUT2D eigenvalue weighted by atomic mass is 15.1. The summed E-state index contributed by atoms with van der Waals surface area (Å²) in [5.41, 5.74) is 0. The minimum absolute atomic E-state index is 0.695. The zero-order valence-electron chi connectivity index (χ0n) is 14.4. The summed E-state index contributed by atoms with van der Waals surface area (Å²) in [6.45, 7) is 13.7. The Balaban J connectivity index is 1.58. The largest absolute Gasteiger partial charge is 0.313 e. The molecule has 2 aliphatic rings. The van der Waals surface area contributed by atoms with Crippen LogP contribution in [-0.4, -0.2) is 61.7 Å². The standard InChI is InChI=1S/C18H37N3/c1-3-11-20-14-8-18(9-15-20)17(2)19-10-16-21-12-6-4-5-7-13-21/h17-19H,3-16H2,1-2H3. The van der Waals surface area contributed by atoms with Crippen molar-refractivity contribution < 1.29 is 0 Å². The third-order valence-corrected chi connectivity index (χ3v) is 5.47. The van der Waals surface area contributed by atoms with Gasteiger partial charge in [-0.15, -0.1) is 0 Å². The van der Waals surface area contributed by atoms with Gasteiger partial charge < -0.3 is 15.1 Å². The summed E-state index contributed by atoms with van der Waals surface area (Å²) < 4.78 is 0. The first-order valence-corrected chi connectivity index (χ1v) is 9.47. The van der Waals surface area contributed by atoms with Gasteiger partial charge in [0.15, 0.2) is 0 Å². The van der Waals surface area contributed by atoms with E-state index in [0.29, 0.717) is 6.04 Å². The topological polar surface area (TPSA) is 18.5 Å². The first-order chi connectivity index (χ1) is 10.3. The summed E-state index contributed by atoms with van der Waals surface area (Å²) in [7, 11) is 0. The molecule has 0 radical (unpaired) electrons. The zero-order chi connectivity index (χ0) is 14.9. The van der Waals surface area contributed by atoms with E-state index in [0.717, 1.165) is 5.92 Å². The van der Waals surface area contributed by atoms with Crippen LogP contribution in [0.25, 0.3) is 0 Å². The van der Waals surface area contributed by atoms with Gasteiger partial charge in [0.1, 0.15) is 0 Å². The van der Waals surface area contributed by atoms with Crippen LogP contribution in [0.4, 0.5) is 0 Å². The third kappa shape index (κ3) is 6.25. The molecule has 1 atom stereocenters. The Hall–Kier alpha value is -0.120. The molecule has 0 amide bonds. The van der Waals surface area contributed by atoms with E-state index in [9.17, 15) is 0 Å². The predicted octanol–water partition coefficient (Wildman–Crippen LogP) is 2.96. The van der Waals surface area contributed by atoms with Crippen LogP contribution >= 0.6 is 0 Å². The summed E-state index contributed by atoms with van der Waals surface area (Å²) in [5, 5.41) is 3.81. The summed E-state index contributed by atoms with van der Waals surface area (Å²) in [4.78, 5) is 5.30. The lowest BCUT2D eigenvalue weighted by Crippen LogP contribution is -2.44. The highest BCUT2D eigenvalue weighted by Gasteiger charge is 2.23. The number of likely N-dealkylation sites (tertiary alicyclic amines) is 2. The number of piperidine rings is 1. The maximum Gasteiger partial charge on any atom is 0.0107 e. The lowest BCUT2D eigenvalue weighted by Gasteiger charge is -2.35. The molecule has 0 aromatic carbocycles. The summed E-state index contributed by atoms with van der Waals surface area (Å²) in [6, 6.07) is 0.695. The zero-order valence-corrected chi connectivity index (χ0v) is 14.4. The second-order valence-electron chi connectivity index (χ2n) is 7.18. The van der Waals surface area contributed by atoms with E-state index in [1.807, 2.05) is 0 Å². The van der Waals surface area contributed by atoms with Gasteiger partial charge in [-0.05, 0) is 77.7 Å². The molecular formula is C18H37N3. The van der Waals surface area contributed by atoms with Crippen molar-refractivity contribution in [1.82, 2.24) is 15.1 Å². The average Bonchev–Trinajstić information content (AvgIpc) is 2.77. The van der Waals surface area contributed by atoms with Gasteiger partial charge in [-0.3, -0.25) is 0 Å². The van der Waals surface area contributed by atoms with E-state index >= 15 is 0 Å². The van der Waals surface area contributed by atoms with Crippen LogP contribution in [-0.2, 0) is 0 Å². The van der Waals surface area contributed by atoms with Crippen LogP contribution in [0.2, 0.25) is 0 Å². The van der Waals surface area contributed by atoms with Gasteiger partial charge >= 0.3 is 0 Å². The highest BCUT2D eigenvalue weighted by molar-refractivity contribution is 4.79. The van der Waals surface area contributed by atoms with Crippen molar-refractivity contribution in [3.05, 3.63) is 0 Å². The lowest BCUT2D eigenvalue weighted by atomic mass is 9.90. The maximum absolute atomic E-state index is 3.81. The fourth-order valence-corrected chi connectivity index (χ4v) is 3.97. The number of rotatable bonds is 7. The molecule has 0 aliphatic carbocycles. The van der Waals surface area contributed by atoms with Gasteiger partial charge in [-0.1, -0.05) is 19.8 Å². The summed E-state index contributed by atoms with van der Waals surface area (Å²) in [5.74, 6) is 0.891. The summed E-state index contributed by atoms with van der Waals surface area (Å²) in [6.07, 6.45) is 9.77. The predicted molar refractivity (Wildman–Crippen MR) is 91.8 cm³/mol. The molecule has 0 spiro atoms. The van der Waals surface area contributed by atoms with Gasteiger partial charge in [0, 0.05) is 19.1 Å². The minimum Gasteiger partial charge on any atom is -0.313 e. The molecule has 0 saturated carbocycles. The second kappa shape index (κ2) is 9.81. The van der Waals surface area contributed by atoms with Crippen LogP contribution in [0.1, 0.15) is 58.8 Å². The van der Waals surface area contributed by atoms with Crippen molar-refractivity contribution in [3.8, 4) is 0 Å². The molecule has 21 heavy (non-hydrogen) atoms. The third-order valence-electron chi connectivity index (χ3n) is 5.47. The van der Waals surface area contributed by atoms with Crippen molar-refractivity contribution in [2.75, 3.05) is 45.8 Å². The fraction of sp³-hybridized carbons (Fsp3) is 1.00. The van der Waals surface area contributed by atoms with E-state index in [2.05, 4.69) is 29.0 Å². The van der Waals surface area contributed by atoms with Crippen LogP contribution in [0.15, 0.2) is 0 Å². The van der Waals surface area contributed by atoms with Crippen LogP contribution in [0, 0.1) is 5.92 Å². The average molecular weight is 296 g/mol. The smallest absolute Gasteiger partial charge is 0.0107 e. The molecule has 0 aromatic rings. The van der Waals surface area contributed by atoms with Crippen molar-refractivity contribution >= 4 is 0 Å². The molecule has 1 unspecified atom stereocenters. The van der Waals surface area contributed by atoms with Gasteiger partial charge in [0.2, 0.25) is 0 Å². The first kappa shape index (κ1) is 17.2. The SMILES string of the molecule is CCCN1CCC(C(C)NCCN2CCCCCC2)CC1. The second-order valence-corrected chi connectivity index (χ2v) is 7.18. The lowest BCUT2D eigenvalue weighted by molar-refractivity contribution is 0.160. The Morgan fingerprint density at radius 3 is 2.14 bits per heavy atom. The molecule has 124 valence electrons. The van der Waals surface area contributed by atoms with Crippen LogP contribution in [0.5, 0.6) is 0 Å². The molecule has 1 N–H and O–H groups in total. The number of hydrogen-bond acceptors (Lipinski definition) is 3. The summed E-state index contributed by atoms with van der Waals surface area (Å²) >= 11 is 0. The molecule has 2 rings (SSSR count). The number of nitrogens with zero attached hydrogens (tertiary/aromatic N) is 2. The first-order valence-electron chi connectivity index (χ1n) is 9.47. The Labute approximate surface area is 132 Å². The molecule has 3 heteroatoms. The Kier molecular flexibility index (Phi) is 8.05. The minimum atomic E-state index is 0.695. The fourth-order valence-electron chi connectivity index (χ4n) is 3.97. The van der Waals surface area contributed by atoms with Crippen molar-refractivity contribution in [2.24, 2.45) is 5.92 Å².